The number of nitrogens with zero attached hydrogens (tertiary/aromatic N) is 3. The smallest absolute Gasteiger partial charge is 0.258 e. The lowest BCUT2D eigenvalue weighted by Gasteiger charge is -2.07. The second kappa shape index (κ2) is 8.30. The van der Waals surface area contributed by atoms with E-state index in [0.717, 1.165) is 21.6 Å². The number of anilines is 2. The molecule has 142 valence electrons. The van der Waals surface area contributed by atoms with Crippen LogP contribution in [0.4, 0.5) is 10.8 Å². The molecule has 2 aromatic heterocycles. The van der Waals surface area contributed by atoms with E-state index in [1.807, 2.05) is 18.2 Å². The van der Waals surface area contributed by atoms with Gasteiger partial charge in [0.05, 0.1) is 16.7 Å². The van der Waals surface area contributed by atoms with Gasteiger partial charge in [0.1, 0.15) is 5.82 Å². The van der Waals surface area contributed by atoms with Crippen molar-refractivity contribution in [3.8, 4) is 0 Å². The van der Waals surface area contributed by atoms with Crippen LogP contribution in [0.5, 0.6) is 0 Å². The van der Waals surface area contributed by atoms with Gasteiger partial charge in [-0.25, -0.2) is 4.98 Å². The van der Waals surface area contributed by atoms with Crippen molar-refractivity contribution in [2.24, 2.45) is 0 Å². The molecular formula is C19H16ClN5OS2. The summed E-state index contributed by atoms with van der Waals surface area (Å²) in [7, 11) is 0. The third kappa shape index (κ3) is 4.19. The maximum atomic E-state index is 12.2. The average Bonchev–Trinajstić information content (AvgIpc) is 3.14. The molecule has 4 aromatic rings. The summed E-state index contributed by atoms with van der Waals surface area (Å²) in [5.74, 6) is 1.06. The van der Waals surface area contributed by atoms with Gasteiger partial charge in [0.25, 0.3) is 5.56 Å². The SMILES string of the molecule is CCc1ccccc1Nc1nnc(SCc2nc3cc(Cl)ccc3c(=O)[nH]2)s1. The van der Waals surface area contributed by atoms with Crippen LogP contribution in [0, 0.1) is 0 Å². The molecule has 0 aliphatic rings. The fourth-order valence-corrected chi connectivity index (χ4v) is 4.54. The third-order valence-corrected chi connectivity index (χ3v) is 6.31. The number of rotatable bonds is 6. The minimum absolute atomic E-state index is 0.173. The number of aromatic nitrogens is 4. The first kappa shape index (κ1) is 18.9. The number of thioether (sulfide) groups is 1. The number of benzene rings is 2. The summed E-state index contributed by atoms with van der Waals surface area (Å²) in [6.45, 7) is 2.12. The Kier molecular flexibility index (Phi) is 5.61. The molecule has 0 radical (unpaired) electrons. The summed E-state index contributed by atoms with van der Waals surface area (Å²) in [6, 6.07) is 13.2. The predicted octanol–water partition coefficient (Wildman–Crippen LogP) is 5.03. The van der Waals surface area contributed by atoms with Gasteiger partial charge in [0.15, 0.2) is 4.34 Å². The Balaban J connectivity index is 1.47. The van der Waals surface area contributed by atoms with Gasteiger partial charge in [0, 0.05) is 10.7 Å². The minimum Gasteiger partial charge on any atom is -0.330 e. The van der Waals surface area contributed by atoms with Crippen molar-refractivity contribution >= 4 is 56.4 Å². The highest BCUT2D eigenvalue weighted by Crippen LogP contribution is 2.30. The van der Waals surface area contributed by atoms with E-state index in [2.05, 4.69) is 38.5 Å². The van der Waals surface area contributed by atoms with Crippen molar-refractivity contribution in [2.45, 2.75) is 23.4 Å². The van der Waals surface area contributed by atoms with Crippen LogP contribution in [0.15, 0.2) is 51.6 Å². The van der Waals surface area contributed by atoms with Crippen LogP contribution < -0.4 is 10.9 Å². The van der Waals surface area contributed by atoms with Crippen molar-refractivity contribution in [3.05, 3.63) is 69.2 Å². The molecule has 0 aliphatic heterocycles. The van der Waals surface area contributed by atoms with Gasteiger partial charge in [-0.2, -0.15) is 0 Å². The monoisotopic (exact) mass is 429 g/mol. The van der Waals surface area contributed by atoms with Crippen LogP contribution in [0.25, 0.3) is 10.9 Å². The molecule has 0 fully saturated rings. The fourth-order valence-electron chi connectivity index (χ4n) is 2.74. The summed E-state index contributed by atoms with van der Waals surface area (Å²) >= 11 is 8.95. The van der Waals surface area contributed by atoms with Gasteiger partial charge in [-0.3, -0.25) is 4.79 Å². The number of hydrogen-bond donors (Lipinski definition) is 2. The number of fused-ring (bicyclic) bond motifs is 1. The van der Waals surface area contributed by atoms with E-state index in [1.54, 1.807) is 18.2 Å². The molecule has 0 spiro atoms. The number of para-hydroxylation sites is 1. The molecule has 0 bridgehead atoms. The maximum absolute atomic E-state index is 12.2. The van der Waals surface area contributed by atoms with E-state index >= 15 is 0 Å². The second-order valence-electron chi connectivity index (χ2n) is 5.97. The second-order valence-corrected chi connectivity index (χ2v) is 8.61. The third-order valence-electron chi connectivity index (χ3n) is 4.10. The van der Waals surface area contributed by atoms with Crippen molar-refractivity contribution in [2.75, 3.05) is 5.32 Å². The van der Waals surface area contributed by atoms with E-state index in [9.17, 15) is 4.79 Å². The van der Waals surface area contributed by atoms with E-state index in [0.29, 0.717) is 27.5 Å². The number of nitrogens with one attached hydrogen (secondary N) is 2. The standard InChI is InChI=1S/C19H16ClN5OS2/c1-2-11-5-3-4-6-14(11)22-18-24-25-19(28-18)27-10-16-21-15-9-12(20)7-8-13(15)17(26)23-16/h3-9H,2,10H2,1H3,(H,22,24)(H,21,23,26). The summed E-state index contributed by atoms with van der Waals surface area (Å²) in [5, 5.41) is 13.5. The number of aromatic amines is 1. The lowest BCUT2D eigenvalue weighted by Crippen LogP contribution is -2.11. The Hall–Kier alpha value is -2.42. The lowest BCUT2D eigenvalue weighted by atomic mass is 10.1. The Morgan fingerprint density at radius 3 is 2.93 bits per heavy atom. The van der Waals surface area contributed by atoms with Gasteiger partial charge in [-0.15, -0.1) is 10.2 Å². The van der Waals surface area contributed by atoms with Crippen LogP contribution in [-0.4, -0.2) is 20.2 Å². The van der Waals surface area contributed by atoms with Crippen LogP contribution in [0.3, 0.4) is 0 Å². The predicted molar refractivity (Wildman–Crippen MR) is 116 cm³/mol. The Bertz CT molecular complexity index is 1190. The molecule has 0 unspecified atom stereocenters. The number of hydrogen-bond acceptors (Lipinski definition) is 7. The lowest BCUT2D eigenvalue weighted by molar-refractivity contribution is 1.00. The van der Waals surface area contributed by atoms with Crippen molar-refractivity contribution < 1.29 is 0 Å². The fraction of sp³-hybridized carbons (Fsp3) is 0.158. The Morgan fingerprint density at radius 2 is 2.07 bits per heavy atom. The number of halogens is 1. The molecular weight excluding hydrogens is 414 g/mol. The summed E-state index contributed by atoms with van der Waals surface area (Å²) in [5.41, 5.74) is 2.68. The van der Waals surface area contributed by atoms with Crippen LogP contribution in [0.2, 0.25) is 5.02 Å². The molecule has 0 saturated carbocycles. The highest BCUT2D eigenvalue weighted by molar-refractivity contribution is 8.00. The number of H-pyrrole nitrogens is 1. The first-order valence-electron chi connectivity index (χ1n) is 8.62. The Morgan fingerprint density at radius 1 is 1.21 bits per heavy atom. The molecule has 2 aromatic carbocycles. The van der Waals surface area contributed by atoms with Crippen molar-refractivity contribution in [1.82, 2.24) is 20.2 Å². The average molecular weight is 430 g/mol. The highest BCUT2D eigenvalue weighted by atomic mass is 35.5. The van der Waals surface area contributed by atoms with E-state index in [-0.39, 0.29) is 5.56 Å². The highest BCUT2D eigenvalue weighted by Gasteiger charge is 2.10. The van der Waals surface area contributed by atoms with Crippen LogP contribution >= 0.6 is 34.7 Å². The van der Waals surface area contributed by atoms with Gasteiger partial charge in [-0.1, -0.05) is 59.8 Å². The van der Waals surface area contributed by atoms with Crippen LogP contribution in [0.1, 0.15) is 18.3 Å². The molecule has 28 heavy (non-hydrogen) atoms. The summed E-state index contributed by atoms with van der Waals surface area (Å²) < 4.78 is 0.797. The molecule has 6 nitrogen and oxygen atoms in total. The maximum Gasteiger partial charge on any atom is 0.258 e. The van der Waals surface area contributed by atoms with Crippen molar-refractivity contribution in [1.29, 1.82) is 0 Å². The first-order chi connectivity index (χ1) is 13.6. The zero-order valence-corrected chi connectivity index (χ0v) is 17.3. The van der Waals surface area contributed by atoms with E-state index in [1.165, 1.54) is 28.7 Å². The van der Waals surface area contributed by atoms with E-state index < -0.39 is 0 Å². The van der Waals surface area contributed by atoms with Crippen LogP contribution in [-0.2, 0) is 12.2 Å². The molecule has 2 N–H and O–H groups in total. The summed E-state index contributed by atoms with van der Waals surface area (Å²) in [4.78, 5) is 19.5. The van der Waals surface area contributed by atoms with E-state index in [4.69, 9.17) is 11.6 Å². The zero-order chi connectivity index (χ0) is 19.5. The molecule has 2 heterocycles. The topological polar surface area (TPSA) is 83.6 Å². The summed E-state index contributed by atoms with van der Waals surface area (Å²) in [6.07, 6.45) is 0.939. The molecule has 0 atom stereocenters. The zero-order valence-electron chi connectivity index (χ0n) is 14.9. The van der Waals surface area contributed by atoms with Gasteiger partial charge >= 0.3 is 0 Å². The molecule has 4 rings (SSSR count). The molecule has 0 aliphatic carbocycles. The minimum atomic E-state index is -0.173. The quantitative estimate of drug-likeness (QED) is 0.418. The Labute approximate surface area is 174 Å². The molecule has 0 saturated heterocycles. The van der Waals surface area contributed by atoms with Gasteiger partial charge in [-0.05, 0) is 36.2 Å². The van der Waals surface area contributed by atoms with Gasteiger partial charge < -0.3 is 10.3 Å². The largest absolute Gasteiger partial charge is 0.330 e. The first-order valence-corrected chi connectivity index (χ1v) is 10.8. The normalized spacial score (nSPS) is 11.1. The number of aryl methyl sites for hydroxylation is 1. The molecule has 9 heteroatoms. The van der Waals surface area contributed by atoms with Crippen molar-refractivity contribution in [3.63, 3.8) is 0 Å². The molecule has 0 amide bonds. The van der Waals surface area contributed by atoms with Gasteiger partial charge in [0.2, 0.25) is 5.13 Å².